The molecule has 0 unspecified atom stereocenters. The van der Waals surface area contributed by atoms with Crippen LogP contribution in [0.4, 0.5) is 0 Å². The van der Waals surface area contributed by atoms with Crippen LogP contribution in [0.5, 0.6) is 11.5 Å². The fraction of sp³-hybridized carbons (Fsp3) is 0.154. The Balaban J connectivity index is 2.20. The lowest BCUT2D eigenvalue weighted by molar-refractivity contribution is 0.0696. The molecular formula is C13H11BrO4S. The van der Waals surface area contributed by atoms with Gasteiger partial charge in [0.1, 0.15) is 6.61 Å². The van der Waals surface area contributed by atoms with Crippen molar-refractivity contribution in [3.63, 3.8) is 0 Å². The van der Waals surface area contributed by atoms with Gasteiger partial charge in [0, 0.05) is 4.47 Å². The smallest absolute Gasteiger partial charge is 0.335 e. The molecule has 1 N–H and O–H groups in total. The number of rotatable bonds is 5. The van der Waals surface area contributed by atoms with Gasteiger partial charge in [-0.1, -0.05) is 0 Å². The summed E-state index contributed by atoms with van der Waals surface area (Å²) < 4.78 is 11.8. The first-order valence-electron chi connectivity index (χ1n) is 5.38. The molecule has 19 heavy (non-hydrogen) atoms. The molecule has 0 amide bonds. The molecule has 4 nitrogen and oxygen atoms in total. The second-order valence-corrected chi connectivity index (χ2v) is 5.51. The molecule has 6 heteroatoms. The molecule has 0 saturated heterocycles. The summed E-state index contributed by atoms with van der Waals surface area (Å²) in [5.74, 6) is -0.0646. The zero-order valence-electron chi connectivity index (χ0n) is 10.1. The molecule has 0 aliphatic carbocycles. The van der Waals surface area contributed by atoms with E-state index in [1.807, 2.05) is 11.4 Å². The number of hydrogen-bond donors (Lipinski definition) is 1. The van der Waals surface area contributed by atoms with Crippen molar-refractivity contribution in [2.24, 2.45) is 0 Å². The highest BCUT2D eigenvalue weighted by Crippen LogP contribution is 2.30. The Kier molecular flexibility index (Phi) is 4.44. The normalized spacial score (nSPS) is 10.2. The zero-order chi connectivity index (χ0) is 13.8. The van der Waals surface area contributed by atoms with E-state index in [2.05, 4.69) is 15.9 Å². The van der Waals surface area contributed by atoms with E-state index in [-0.39, 0.29) is 5.56 Å². The van der Waals surface area contributed by atoms with Gasteiger partial charge in [-0.05, 0) is 45.6 Å². The maximum Gasteiger partial charge on any atom is 0.335 e. The summed E-state index contributed by atoms with van der Waals surface area (Å²) in [5, 5.41) is 10.9. The van der Waals surface area contributed by atoms with Gasteiger partial charge < -0.3 is 14.6 Å². The lowest BCUT2D eigenvalue weighted by atomic mass is 10.2. The highest BCUT2D eigenvalue weighted by molar-refractivity contribution is 9.10. The maximum atomic E-state index is 10.9. The monoisotopic (exact) mass is 342 g/mol. The quantitative estimate of drug-likeness (QED) is 0.897. The molecular weight excluding hydrogens is 332 g/mol. The highest BCUT2D eigenvalue weighted by atomic mass is 79.9. The first kappa shape index (κ1) is 13.9. The molecule has 1 aromatic heterocycles. The number of aromatic carboxylic acids is 1. The molecule has 0 aliphatic heterocycles. The van der Waals surface area contributed by atoms with Crippen molar-refractivity contribution < 1.29 is 19.4 Å². The van der Waals surface area contributed by atoms with E-state index in [4.69, 9.17) is 14.6 Å². The first-order chi connectivity index (χ1) is 9.11. The summed E-state index contributed by atoms with van der Waals surface area (Å²) in [5.41, 5.74) is 0.168. The highest BCUT2D eigenvalue weighted by Gasteiger charge is 2.11. The molecule has 0 aliphatic rings. The van der Waals surface area contributed by atoms with E-state index in [9.17, 15) is 4.79 Å². The average Bonchev–Trinajstić information content (AvgIpc) is 2.81. The molecule has 1 heterocycles. The van der Waals surface area contributed by atoms with Crippen LogP contribution in [0.2, 0.25) is 0 Å². The number of hydrogen-bond acceptors (Lipinski definition) is 4. The second kappa shape index (κ2) is 6.08. The lowest BCUT2D eigenvalue weighted by Gasteiger charge is -2.10. The summed E-state index contributed by atoms with van der Waals surface area (Å²) in [7, 11) is 1.52. The van der Waals surface area contributed by atoms with Crippen molar-refractivity contribution in [1.82, 2.24) is 0 Å². The molecule has 0 saturated carbocycles. The fourth-order valence-electron chi connectivity index (χ4n) is 1.49. The topological polar surface area (TPSA) is 55.8 Å². The number of ether oxygens (including phenoxy) is 2. The Morgan fingerprint density at radius 2 is 2.16 bits per heavy atom. The number of methoxy groups -OCH3 is 1. The van der Waals surface area contributed by atoms with Crippen molar-refractivity contribution in [3.8, 4) is 11.5 Å². The summed E-state index contributed by atoms with van der Waals surface area (Å²) in [4.78, 5) is 12.0. The Labute approximate surface area is 122 Å². The lowest BCUT2D eigenvalue weighted by Crippen LogP contribution is -2.00. The minimum Gasteiger partial charge on any atom is -0.493 e. The van der Waals surface area contributed by atoms with Gasteiger partial charge in [0.15, 0.2) is 11.5 Å². The van der Waals surface area contributed by atoms with Crippen molar-refractivity contribution >= 4 is 33.2 Å². The van der Waals surface area contributed by atoms with E-state index in [1.54, 1.807) is 17.4 Å². The SMILES string of the molecule is COc1ccc(C(=O)O)cc1OCc1sccc1Br. The predicted molar refractivity (Wildman–Crippen MR) is 76.3 cm³/mol. The molecule has 1 aromatic carbocycles. The van der Waals surface area contributed by atoms with Crippen LogP contribution in [0.15, 0.2) is 34.1 Å². The number of thiophene rings is 1. The number of carboxylic acids is 1. The van der Waals surface area contributed by atoms with Gasteiger partial charge in [0.05, 0.1) is 17.6 Å². The molecule has 2 aromatic rings. The summed E-state index contributed by atoms with van der Waals surface area (Å²) in [6.45, 7) is 0.359. The Bertz CT molecular complexity index is 594. The third-order valence-electron chi connectivity index (χ3n) is 2.46. The van der Waals surface area contributed by atoms with E-state index in [0.29, 0.717) is 18.1 Å². The van der Waals surface area contributed by atoms with Crippen LogP contribution in [-0.4, -0.2) is 18.2 Å². The average molecular weight is 343 g/mol. The van der Waals surface area contributed by atoms with E-state index in [1.165, 1.54) is 19.2 Å². The third kappa shape index (κ3) is 3.27. The molecule has 0 spiro atoms. The maximum absolute atomic E-state index is 10.9. The molecule has 100 valence electrons. The minimum absolute atomic E-state index is 0.168. The van der Waals surface area contributed by atoms with Crippen LogP contribution in [0.1, 0.15) is 15.2 Å². The largest absolute Gasteiger partial charge is 0.493 e. The van der Waals surface area contributed by atoms with Crippen LogP contribution in [0.25, 0.3) is 0 Å². The summed E-state index contributed by atoms with van der Waals surface area (Å²) >= 11 is 4.98. The molecule has 0 fully saturated rings. The molecule has 0 atom stereocenters. The van der Waals surface area contributed by atoms with E-state index >= 15 is 0 Å². The summed E-state index contributed by atoms with van der Waals surface area (Å²) in [6, 6.07) is 6.47. The fourth-order valence-corrected chi connectivity index (χ4v) is 2.87. The van der Waals surface area contributed by atoms with Crippen LogP contribution in [0.3, 0.4) is 0 Å². The number of halogens is 1. The second-order valence-electron chi connectivity index (χ2n) is 3.65. The number of carboxylic acid groups (broad SMARTS) is 1. The molecule has 2 rings (SSSR count). The van der Waals surface area contributed by atoms with Gasteiger partial charge in [-0.3, -0.25) is 0 Å². The van der Waals surface area contributed by atoms with Crippen molar-refractivity contribution in [2.75, 3.05) is 7.11 Å². The van der Waals surface area contributed by atoms with Gasteiger partial charge in [0.25, 0.3) is 0 Å². The van der Waals surface area contributed by atoms with E-state index in [0.717, 1.165) is 9.35 Å². The summed E-state index contributed by atoms with van der Waals surface area (Å²) in [6.07, 6.45) is 0. The van der Waals surface area contributed by atoms with Gasteiger partial charge in [-0.25, -0.2) is 4.79 Å². The number of benzene rings is 1. The standard InChI is InChI=1S/C13H11BrO4S/c1-17-10-3-2-8(13(15)16)6-11(10)18-7-12-9(14)4-5-19-12/h2-6H,7H2,1H3,(H,15,16). The van der Waals surface area contributed by atoms with Crippen LogP contribution in [-0.2, 0) is 6.61 Å². The van der Waals surface area contributed by atoms with Crippen LogP contribution in [0, 0.1) is 0 Å². The number of carbonyl (C=O) groups is 1. The van der Waals surface area contributed by atoms with Gasteiger partial charge in [-0.2, -0.15) is 0 Å². The van der Waals surface area contributed by atoms with Crippen LogP contribution >= 0.6 is 27.3 Å². The Morgan fingerprint density at radius 1 is 1.37 bits per heavy atom. The van der Waals surface area contributed by atoms with Crippen molar-refractivity contribution in [2.45, 2.75) is 6.61 Å². The van der Waals surface area contributed by atoms with Crippen molar-refractivity contribution in [1.29, 1.82) is 0 Å². The van der Waals surface area contributed by atoms with Crippen LogP contribution < -0.4 is 9.47 Å². The van der Waals surface area contributed by atoms with Gasteiger partial charge in [0.2, 0.25) is 0 Å². The van der Waals surface area contributed by atoms with Crippen molar-refractivity contribution in [3.05, 3.63) is 44.6 Å². The third-order valence-corrected chi connectivity index (χ3v) is 4.36. The molecule has 0 radical (unpaired) electrons. The predicted octanol–water partition coefficient (Wildman–Crippen LogP) is 3.80. The van der Waals surface area contributed by atoms with E-state index < -0.39 is 5.97 Å². The first-order valence-corrected chi connectivity index (χ1v) is 7.05. The minimum atomic E-state index is -0.996. The van der Waals surface area contributed by atoms with Gasteiger partial charge >= 0.3 is 5.97 Å². The Morgan fingerprint density at radius 3 is 2.74 bits per heavy atom. The zero-order valence-corrected chi connectivity index (χ0v) is 12.5. The molecule has 0 bridgehead atoms. The van der Waals surface area contributed by atoms with Gasteiger partial charge in [-0.15, -0.1) is 11.3 Å². The Hall–Kier alpha value is -1.53.